The van der Waals surface area contributed by atoms with Gasteiger partial charge in [-0.05, 0) is 61.3 Å². The standard InChI is InChI=1S/C69H107N7O22/c1-15-30-92-32-34-94-36-37-95-35-33-93-31-28-70-52(77)26-27-53(78)72-48-24-25-50(97-68-61(83)59(81)60(82)63(98-68)67(87)91-14)47(38-48)40-96-69(88)75(11)56(42(5)6)65(85)73-55(41(3)4)66(86)74(10)57(43(7)16-2)51(89-12)39-54(79)76-29-20-23-49(76)62(90-13)44(8)64(84)71-45(9)58(80)46-21-18-17-19-22-46/h1,17-19,21-22,24-25,38,41-45,49,51,55-63,68,80-83H,16,20,23,26-37,39-40H2,2-14H3,(H,70,77)(H,71,84)(H,72,78)(H,73,85)/t43-,44+,45+,49-,51+,55-,56-,57-,58+,59?,60-,61?,62+,63?,68+/m0/s1. The molecule has 2 aliphatic rings. The van der Waals surface area contributed by atoms with Gasteiger partial charge in [0.15, 0.2) is 6.10 Å². The third-order valence-electron chi connectivity index (χ3n) is 17.5. The second-order valence-electron chi connectivity index (χ2n) is 25.2. The van der Waals surface area contributed by atoms with Gasteiger partial charge in [-0.25, -0.2) is 9.59 Å². The Morgan fingerprint density at radius 1 is 0.755 bits per heavy atom. The minimum absolute atomic E-state index is 0.0285. The lowest BCUT2D eigenvalue weighted by Gasteiger charge is -2.41. The molecule has 2 aromatic carbocycles. The Kier molecular flexibility index (Phi) is 36.4. The Bertz CT molecular complexity index is 2870. The zero-order chi connectivity index (χ0) is 72.8. The number of carbonyl (C=O) groups excluding carboxylic acids is 8. The van der Waals surface area contributed by atoms with Crippen LogP contribution in [-0.2, 0) is 82.8 Å². The van der Waals surface area contributed by atoms with Crippen LogP contribution in [0.15, 0.2) is 48.5 Å². The number of nitrogens with zero attached hydrogens (tertiary/aromatic N) is 3. The zero-order valence-corrected chi connectivity index (χ0v) is 59.0. The van der Waals surface area contributed by atoms with E-state index in [4.69, 9.17) is 53.8 Å². The number of carbonyl (C=O) groups is 8. The molecule has 2 aromatic rings. The smallest absolute Gasteiger partial charge is 0.410 e. The Morgan fingerprint density at radius 3 is 1.98 bits per heavy atom. The maximum atomic E-state index is 14.9. The number of amides is 7. The number of hydrogen-bond acceptors (Lipinski definition) is 22. The van der Waals surface area contributed by atoms with Crippen molar-refractivity contribution in [3.05, 3.63) is 59.7 Å². The highest BCUT2D eigenvalue weighted by molar-refractivity contribution is 5.94. The fourth-order valence-electron chi connectivity index (χ4n) is 11.8. The first-order chi connectivity index (χ1) is 46.7. The number of esters is 1. The highest BCUT2D eigenvalue weighted by Crippen LogP contribution is 2.33. The highest BCUT2D eigenvalue weighted by atomic mass is 16.7. The van der Waals surface area contributed by atoms with Gasteiger partial charge in [0.05, 0.1) is 102 Å². The van der Waals surface area contributed by atoms with Crippen LogP contribution < -0.4 is 26.0 Å². The number of benzene rings is 2. The lowest BCUT2D eigenvalue weighted by atomic mass is 9.89. The van der Waals surface area contributed by atoms with Gasteiger partial charge in [-0.3, -0.25) is 33.7 Å². The molecule has 29 heteroatoms. The van der Waals surface area contributed by atoms with E-state index in [0.717, 1.165) is 12.0 Å². The molecule has 2 saturated heterocycles. The van der Waals surface area contributed by atoms with Crippen LogP contribution in [0.5, 0.6) is 5.75 Å². The Balaban J connectivity index is 1.45. The number of likely N-dealkylation sites (N-methyl/N-ethyl adjacent to an activating group) is 2. The van der Waals surface area contributed by atoms with Crippen molar-refractivity contribution in [3.63, 3.8) is 0 Å². The molecule has 0 bridgehead atoms. The maximum absolute atomic E-state index is 14.9. The maximum Gasteiger partial charge on any atom is 0.410 e. The summed E-state index contributed by atoms with van der Waals surface area (Å²) in [6.45, 7) is 16.7. The van der Waals surface area contributed by atoms with E-state index in [0.29, 0.717) is 64.4 Å². The van der Waals surface area contributed by atoms with Crippen molar-refractivity contribution in [2.75, 3.05) is 107 Å². The number of terminal acetylenes is 1. The lowest BCUT2D eigenvalue weighted by Crippen LogP contribution is -2.61. The molecular formula is C69H107N7O22. The number of likely N-dealkylation sites (tertiary alicyclic amines) is 1. The van der Waals surface area contributed by atoms with E-state index in [2.05, 4.69) is 27.2 Å². The number of nitrogens with one attached hydrogen (secondary N) is 4. The van der Waals surface area contributed by atoms with Crippen LogP contribution in [0.4, 0.5) is 10.5 Å². The topological polar surface area (TPSA) is 368 Å². The van der Waals surface area contributed by atoms with Gasteiger partial charge >= 0.3 is 12.1 Å². The molecule has 3 unspecified atom stereocenters. The van der Waals surface area contributed by atoms with Gasteiger partial charge < -0.3 is 98.9 Å². The molecule has 0 radical (unpaired) electrons. The Labute approximate surface area is 575 Å². The van der Waals surface area contributed by atoms with Crippen molar-refractivity contribution in [1.82, 2.24) is 30.7 Å². The van der Waals surface area contributed by atoms with Gasteiger partial charge in [0.25, 0.3) is 0 Å². The van der Waals surface area contributed by atoms with E-state index < -0.39 is 139 Å². The monoisotopic (exact) mass is 1390 g/mol. The Morgan fingerprint density at radius 2 is 1.39 bits per heavy atom. The molecule has 7 amide bonds. The molecule has 0 saturated carbocycles. The number of rotatable bonds is 42. The summed E-state index contributed by atoms with van der Waals surface area (Å²) in [5.41, 5.74) is 0.816. The van der Waals surface area contributed by atoms with Crippen LogP contribution in [0.1, 0.15) is 111 Å². The van der Waals surface area contributed by atoms with E-state index in [-0.39, 0.29) is 80.4 Å². The predicted octanol–water partition coefficient (Wildman–Crippen LogP) is 2.47. The first-order valence-corrected chi connectivity index (χ1v) is 33.4. The molecule has 98 heavy (non-hydrogen) atoms. The minimum atomic E-state index is -1.95. The Hall–Kier alpha value is -7.08. The molecule has 550 valence electrons. The average molecular weight is 1390 g/mol. The number of ether oxygens (including phenoxy) is 10. The average Bonchev–Trinajstić information content (AvgIpc) is 1.27. The van der Waals surface area contributed by atoms with E-state index in [1.165, 1.54) is 44.4 Å². The lowest BCUT2D eigenvalue weighted by molar-refractivity contribution is -0.272. The van der Waals surface area contributed by atoms with Crippen molar-refractivity contribution < 1.29 is 106 Å². The van der Waals surface area contributed by atoms with Crippen LogP contribution in [-0.4, -0.2) is 257 Å². The van der Waals surface area contributed by atoms with Gasteiger partial charge in [0, 0.05) is 65.5 Å². The molecule has 2 fully saturated rings. The van der Waals surface area contributed by atoms with Crippen LogP contribution in [0.3, 0.4) is 0 Å². The summed E-state index contributed by atoms with van der Waals surface area (Å²) in [6.07, 6.45) is -6.55. The summed E-state index contributed by atoms with van der Waals surface area (Å²) in [4.78, 5) is 115. The van der Waals surface area contributed by atoms with E-state index >= 15 is 0 Å². The van der Waals surface area contributed by atoms with Crippen LogP contribution in [0, 0.1) is 36.0 Å². The molecule has 29 nitrogen and oxygen atoms in total. The van der Waals surface area contributed by atoms with Gasteiger partial charge in [0.2, 0.25) is 41.7 Å². The van der Waals surface area contributed by atoms with E-state index in [1.807, 2.05) is 19.9 Å². The zero-order valence-electron chi connectivity index (χ0n) is 59.0. The van der Waals surface area contributed by atoms with E-state index in [9.17, 15) is 58.8 Å². The largest absolute Gasteiger partial charge is 0.467 e. The number of aliphatic hydroxyl groups is 4. The summed E-state index contributed by atoms with van der Waals surface area (Å²) in [5, 5.41) is 54.4. The summed E-state index contributed by atoms with van der Waals surface area (Å²) < 4.78 is 55.5. The van der Waals surface area contributed by atoms with Gasteiger partial charge in [0.1, 0.15) is 49.4 Å². The number of methoxy groups -OCH3 is 3. The summed E-state index contributed by atoms with van der Waals surface area (Å²) in [6, 6.07) is 8.88. The normalized spacial score (nSPS) is 20.4. The van der Waals surface area contributed by atoms with Gasteiger partial charge in [-0.15, -0.1) is 6.42 Å². The van der Waals surface area contributed by atoms with E-state index in [1.54, 1.807) is 77.8 Å². The quantitative estimate of drug-likeness (QED) is 0.0269. The number of aliphatic hydroxyl groups excluding tert-OH is 4. The number of hydrogen-bond donors (Lipinski definition) is 8. The summed E-state index contributed by atoms with van der Waals surface area (Å²) >= 11 is 0. The summed E-state index contributed by atoms with van der Waals surface area (Å²) in [7, 11) is 6.92. The van der Waals surface area contributed by atoms with Crippen molar-refractivity contribution in [3.8, 4) is 18.1 Å². The second-order valence-corrected chi connectivity index (χ2v) is 25.2. The molecule has 2 heterocycles. The second kappa shape index (κ2) is 42.8. The third-order valence-corrected chi connectivity index (χ3v) is 17.5. The first kappa shape index (κ1) is 83.3. The first-order valence-electron chi connectivity index (χ1n) is 33.4. The molecule has 0 spiro atoms. The molecule has 4 rings (SSSR count). The van der Waals surface area contributed by atoms with Gasteiger partial charge in [-0.1, -0.05) is 91.1 Å². The molecular weight excluding hydrogens is 1280 g/mol. The van der Waals surface area contributed by atoms with Crippen molar-refractivity contribution in [1.29, 1.82) is 0 Å². The summed E-state index contributed by atoms with van der Waals surface area (Å²) in [5.74, 6) is -3.68. The molecule has 0 aromatic heterocycles. The molecule has 0 aliphatic carbocycles. The van der Waals surface area contributed by atoms with Crippen LogP contribution in [0.25, 0.3) is 0 Å². The van der Waals surface area contributed by atoms with Gasteiger partial charge in [-0.2, -0.15) is 0 Å². The minimum Gasteiger partial charge on any atom is -0.467 e. The number of anilines is 1. The van der Waals surface area contributed by atoms with Crippen molar-refractivity contribution in [2.24, 2.45) is 23.7 Å². The van der Waals surface area contributed by atoms with Crippen molar-refractivity contribution >= 4 is 53.2 Å². The fraction of sp³-hybridized carbons (Fsp3) is 0.681. The molecule has 15 atom stereocenters. The fourth-order valence-corrected chi connectivity index (χ4v) is 11.8. The predicted molar refractivity (Wildman–Crippen MR) is 357 cm³/mol. The van der Waals surface area contributed by atoms with Crippen molar-refractivity contribution in [2.45, 2.75) is 180 Å². The van der Waals surface area contributed by atoms with Crippen LogP contribution in [0.2, 0.25) is 0 Å². The SMILES string of the molecule is C#CCOCCOCCOCCOCCNC(=O)CCC(=O)Nc1ccc(O[C@@H]2OC(C(=O)OC)[C@@H](O)C(O)C2O)c(COC(=O)N(C)[C@H](C(=O)N[C@H](C(=O)N(C)[C@@H]([C@@H](C)CC)[C@@H](CC(=O)N2CCC[C@H]2[C@H](OC)[C@@H](C)C(=O)N[C@H](C)[C@@H](O)c2ccccc2)OC)C(C)C)C(C)C)c1. The highest BCUT2D eigenvalue weighted by Gasteiger charge is 2.49. The molecule has 8 N–H and O–H groups in total. The molecule has 2 aliphatic heterocycles. The third kappa shape index (κ3) is 25.0. The van der Waals surface area contributed by atoms with Crippen LogP contribution >= 0.6 is 0 Å².